The van der Waals surface area contributed by atoms with Gasteiger partial charge in [0.25, 0.3) is 5.91 Å². The van der Waals surface area contributed by atoms with Gasteiger partial charge >= 0.3 is 35.7 Å². The molecule has 1 aromatic rings. The molecule has 3 saturated heterocycles. The molecule has 0 radical (unpaired) electrons. The van der Waals surface area contributed by atoms with Crippen molar-refractivity contribution in [3.63, 3.8) is 0 Å². The number of carbonyl (C=O) groups is 4. The van der Waals surface area contributed by atoms with Crippen molar-refractivity contribution >= 4 is 57.8 Å². The Morgan fingerprint density at radius 1 is 1.38 bits per heavy atom. The molecule has 3 fully saturated rings. The second-order valence-corrected chi connectivity index (χ2v) is 9.95. The molecule has 1 aromatic heterocycles. The summed E-state index contributed by atoms with van der Waals surface area (Å²) >= 11 is 2.19. The van der Waals surface area contributed by atoms with Crippen LogP contribution in [0.5, 0.6) is 0 Å². The maximum atomic E-state index is 12.7. The molecule has 0 spiro atoms. The molecular weight excluding hydrogens is 499 g/mol. The Labute approximate surface area is 224 Å². The average Bonchev–Trinajstić information content (AvgIpc) is 3.48. The Hall–Kier alpha value is -2.07. The van der Waals surface area contributed by atoms with Crippen molar-refractivity contribution in [2.24, 2.45) is 10.6 Å². The van der Waals surface area contributed by atoms with Gasteiger partial charge in [-0.15, -0.1) is 23.1 Å². The zero-order valence-corrected chi connectivity index (χ0v) is 21.9. The van der Waals surface area contributed by atoms with Crippen molar-refractivity contribution in [2.45, 2.75) is 24.3 Å². The number of anilines is 1. The number of fused-ring (bicyclic) bond motifs is 1. The zero-order chi connectivity index (χ0) is 23.8. The predicted molar refractivity (Wildman–Crippen MR) is 114 cm³/mol. The Morgan fingerprint density at radius 2 is 2.09 bits per heavy atom. The molecule has 0 aromatic carbocycles. The van der Waals surface area contributed by atoms with Crippen molar-refractivity contribution in [3.8, 4) is 0 Å². The number of aromatic nitrogens is 1. The third-order valence-corrected chi connectivity index (χ3v) is 8.04. The van der Waals surface area contributed by atoms with E-state index in [-0.39, 0.29) is 52.7 Å². The predicted octanol–water partition coefficient (Wildman–Crippen LogP) is -4.72. The van der Waals surface area contributed by atoms with Gasteiger partial charge in [0.2, 0.25) is 5.91 Å². The van der Waals surface area contributed by atoms with Crippen LogP contribution in [0.2, 0.25) is 0 Å². The number of carboxylic acids is 1. The van der Waals surface area contributed by atoms with Crippen LogP contribution in [-0.4, -0.2) is 93.0 Å². The van der Waals surface area contributed by atoms with Crippen LogP contribution in [0.3, 0.4) is 0 Å². The number of carboxylic acid groups (broad SMARTS) is 1. The van der Waals surface area contributed by atoms with Crippen LogP contribution in [0.15, 0.2) is 10.5 Å². The summed E-state index contributed by atoms with van der Waals surface area (Å²) in [6.45, 7) is 0.492. The number of nitrogens with one attached hydrogen (secondary N) is 1. The summed E-state index contributed by atoms with van der Waals surface area (Å²) in [7, 11) is 0. The normalized spacial score (nSPS) is 26.2. The number of rotatable bonds is 6. The molecule has 4 heterocycles. The van der Waals surface area contributed by atoms with Gasteiger partial charge < -0.3 is 40.7 Å². The number of hydrogen-bond acceptors (Lipinski definition) is 12. The van der Waals surface area contributed by atoms with Gasteiger partial charge in [-0.25, -0.2) is 9.78 Å². The summed E-state index contributed by atoms with van der Waals surface area (Å²) in [5, 5.41) is 27.7. The van der Waals surface area contributed by atoms with Gasteiger partial charge in [0.15, 0.2) is 10.8 Å². The van der Waals surface area contributed by atoms with Crippen molar-refractivity contribution in [2.75, 3.05) is 37.7 Å². The molecule has 178 valence electrons. The van der Waals surface area contributed by atoms with Crippen LogP contribution in [0, 0.1) is 5.41 Å². The minimum absolute atomic E-state index is 0. The fourth-order valence-electron chi connectivity index (χ4n) is 3.91. The Bertz CT molecular complexity index is 1020. The average molecular weight is 521 g/mol. The maximum absolute atomic E-state index is 12.7. The topological polar surface area (TPSA) is 191 Å². The fraction of sp³-hybridized carbons (Fsp3) is 0.556. The van der Waals surface area contributed by atoms with E-state index in [4.69, 9.17) is 10.5 Å². The number of aliphatic carboxylic acids is 1. The molecule has 3 amide bonds. The van der Waals surface area contributed by atoms with Crippen LogP contribution in [0.4, 0.5) is 9.93 Å². The first-order valence-corrected chi connectivity index (χ1v) is 12.0. The van der Waals surface area contributed by atoms with Gasteiger partial charge in [-0.1, -0.05) is 5.16 Å². The van der Waals surface area contributed by atoms with E-state index in [9.17, 15) is 29.5 Å². The second-order valence-electron chi connectivity index (χ2n) is 7.95. The number of carbonyl (C=O) groups excluding carboxylic acids is 4. The molecule has 4 N–H and O–H groups in total. The standard InChI is InChI=1S/C18H22N6O7S2.Na/c19-16-20-9(5-32-16)10(22-30)12(25)21-11-13(26)24-6-18(15(27)28,8-33-14(11)24)7-31-17(29)23-3-1-2-4-23;/h5,11,14,30H,1-4,6-8H2,(H2,19,20)(H,21,25)(H,27,28);/q;+1/p-1/t11?,14-,18?;/m1./s1. The Kier molecular flexibility index (Phi) is 8.34. The summed E-state index contributed by atoms with van der Waals surface area (Å²) in [5.74, 6) is -2.73. The van der Waals surface area contributed by atoms with E-state index in [1.54, 1.807) is 0 Å². The van der Waals surface area contributed by atoms with Crippen LogP contribution in [0.25, 0.3) is 0 Å². The number of thioether (sulfide) groups is 1. The molecule has 3 atom stereocenters. The van der Waals surface area contributed by atoms with E-state index < -0.39 is 53.0 Å². The molecule has 0 saturated carbocycles. The first-order valence-electron chi connectivity index (χ1n) is 10.1. The Morgan fingerprint density at radius 3 is 2.68 bits per heavy atom. The molecular formula is C18H21N6NaO7S2. The quantitative estimate of drug-likeness (QED) is 0.108. The third-order valence-electron chi connectivity index (χ3n) is 5.78. The van der Waals surface area contributed by atoms with Crippen molar-refractivity contribution in [1.29, 1.82) is 0 Å². The summed E-state index contributed by atoms with van der Waals surface area (Å²) in [6, 6.07) is -0.942. The Balaban J connectivity index is 0.00000324. The van der Waals surface area contributed by atoms with E-state index in [2.05, 4.69) is 15.5 Å². The number of amides is 3. The number of oxime groups is 1. The molecule has 3 aliphatic heterocycles. The van der Waals surface area contributed by atoms with Crippen molar-refractivity contribution in [1.82, 2.24) is 20.1 Å². The molecule has 0 aliphatic carbocycles. The number of hydrogen-bond donors (Lipinski definition) is 3. The summed E-state index contributed by atoms with van der Waals surface area (Å²) in [5.41, 5.74) is 3.64. The van der Waals surface area contributed by atoms with E-state index in [1.165, 1.54) is 15.2 Å². The third kappa shape index (κ3) is 4.98. The van der Waals surface area contributed by atoms with Gasteiger partial charge in [0.05, 0.1) is 11.4 Å². The molecule has 16 heteroatoms. The monoisotopic (exact) mass is 520 g/mol. The van der Waals surface area contributed by atoms with Crippen LogP contribution in [-0.2, 0) is 19.1 Å². The van der Waals surface area contributed by atoms with Gasteiger partial charge in [-0.3, -0.25) is 9.59 Å². The minimum Gasteiger partial charge on any atom is -0.549 e. The summed E-state index contributed by atoms with van der Waals surface area (Å²) in [4.78, 5) is 56.0. The smallest absolute Gasteiger partial charge is 0.549 e. The van der Waals surface area contributed by atoms with Crippen LogP contribution in [0.1, 0.15) is 18.5 Å². The van der Waals surface area contributed by atoms with Gasteiger partial charge in [0.1, 0.15) is 23.7 Å². The number of likely N-dealkylation sites (tertiary alicyclic amines) is 1. The summed E-state index contributed by atoms with van der Waals surface area (Å²) in [6.07, 6.45) is 1.15. The molecule has 0 bridgehead atoms. The van der Waals surface area contributed by atoms with E-state index >= 15 is 0 Å². The fourth-order valence-corrected chi connectivity index (χ4v) is 5.97. The number of thiazole rings is 1. The SMILES string of the molecule is Nc1nc(C(=NO)C(=O)NC2C(=O)N3CC(COC(=O)N4CCCC4)(C(=O)[O-])CS[C@H]23)cs1.[Na+]. The van der Waals surface area contributed by atoms with Crippen molar-refractivity contribution in [3.05, 3.63) is 11.1 Å². The number of nitrogens with zero attached hydrogens (tertiary/aromatic N) is 4. The van der Waals surface area contributed by atoms with Gasteiger partial charge in [-0.2, -0.15) is 0 Å². The molecule has 2 unspecified atom stereocenters. The van der Waals surface area contributed by atoms with Gasteiger partial charge in [-0.05, 0) is 12.8 Å². The molecule has 34 heavy (non-hydrogen) atoms. The van der Waals surface area contributed by atoms with Crippen LogP contribution < -0.4 is 45.7 Å². The molecule has 3 aliphatic rings. The van der Waals surface area contributed by atoms with E-state index in [0.717, 1.165) is 35.9 Å². The number of nitrogens with two attached hydrogens (primary N) is 1. The molecule has 13 nitrogen and oxygen atoms in total. The number of ether oxygens (including phenoxy) is 1. The largest absolute Gasteiger partial charge is 1.00 e. The second kappa shape index (κ2) is 10.7. The minimum atomic E-state index is -1.56. The first kappa shape index (κ1) is 26.5. The number of β-lactam (4-membered cyclic amide) rings is 1. The van der Waals surface area contributed by atoms with E-state index in [1.807, 2.05) is 0 Å². The van der Waals surface area contributed by atoms with Gasteiger partial charge in [0, 0.05) is 30.8 Å². The first-order chi connectivity index (χ1) is 15.8. The number of nitrogen functional groups attached to an aromatic ring is 1. The maximum Gasteiger partial charge on any atom is 1.00 e. The molecule has 4 rings (SSSR count). The van der Waals surface area contributed by atoms with Crippen LogP contribution >= 0.6 is 23.1 Å². The zero-order valence-electron chi connectivity index (χ0n) is 18.3. The summed E-state index contributed by atoms with van der Waals surface area (Å²) < 4.78 is 5.25. The van der Waals surface area contributed by atoms with E-state index in [0.29, 0.717) is 13.1 Å². The van der Waals surface area contributed by atoms with Crippen molar-refractivity contribution < 1.29 is 63.8 Å².